The highest BCUT2D eigenvalue weighted by atomic mass is 79.9. The first-order valence-corrected chi connectivity index (χ1v) is 8.39. The van der Waals surface area contributed by atoms with Crippen molar-refractivity contribution >= 4 is 27.3 Å². The number of hydrogen-bond donors (Lipinski definition) is 1. The van der Waals surface area contributed by atoms with Crippen molar-refractivity contribution in [3.05, 3.63) is 20.3 Å². The number of hydrogen-bond acceptors (Lipinski definition) is 3. The highest BCUT2D eigenvalue weighted by Crippen LogP contribution is 2.39. The Morgan fingerprint density at radius 1 is 1.56 bits per heavy atom. The lowest BCUT2D eigenvalue weighted by molar-refractivity contribution is 0.0779. The Kier molecular flexibility index (Phi) is 5.24. The van der Waals surface area contributed by atoms with Crippen molar-refractivity contribution in [2.45, 2.75) is 45.8 Å². The standard InChI is InChI=1S/C14H22BrNOS/c1-4-11-10(6-7-17-11)13(16-5-2)12-8-9(3)14(15)18-12/h8,10-11,13,16H,4-7H2,1-3H3. The molecule has 2 rings (SSSR count). The van der Waals surface area contributed by atoms with E-state index in [1.54, 1.807) is 0 Å². The van der Waals surface area contributed by atoms with Gasteiger partial charge >= 0.3 is 0 Å². The third-order valence-corrected chi connectivity index (χ3v) is 5.92. The van der Waals surface area contributed by atoms with Crippen LogP contribution in [-0.4, -0.2) is 19.3 Å². The number of thiophene rings is 1. The van der Waals surface area contributed by atoms with Gasteiger partial charge in [-0.15, -0.1) is 11.3 Å². The maximum Gasteiger partial charge on any atom is 0.0731 e. The first-order chi connectivity index (χ1) is 8.67. The minimum atomic E-state index is 0.412. The zero-order chi connectivity index (χ0) is 13.1. The van der Waals surface area contributed by atoms with Crippen molar-refractivity contribution in [2.75, 3.05) is 13.2 Å². The maximum absolute atomic E-state index is 5.85. The van der Waals surface area contributed by atoms with E-state index in [1.165, 1.54) is 20.6 Å². The number of rotatable bonds is 5. The molecule has 0 aliphatic carbocycles. The van der Waals surface area contributed by atoms with E-state index >= 15 is 0 Å². The largest absolute Gasteiger partial charge is 0.378 e. The van der Waals surface area contributed by atoms with Gasteiger partial charge in [0.05, 0.1) is 9.89 Å². The number of aryl methyl sites for hydroxylation is 1. The van der Waals surface area contributed by atoms with Crippen LogP contribution in [0.5, 0.6) is 0 Å². The summed E-state index contributed by atoms with van der Waals surface area (Å²) in [7, 11) is 0. The minimum absolute atomic E-state index is 0.412. The van der Waals surface area contributed by atoms with E-state index in [2.05, 4.69) is 48.1 Å². The lowest BCUT2D eigenvalue weighted by Crippen LogP contribution is -2.32. The van der Waals surface area contributed by atoms with Gasteiger partial charge < -0.3 is 10.1 Å². The summed E-state index contributed by atoms with van der Waals surface area (Å²) in [6.45, 7) is 8.49. The number of halogens is 1. The van der Waals surface area contributed by atoms with Crippen LogP contribution in [0.1, 0.15) is 43.2 Å². The minimum Gasteiger partial charge on any atom is -0.378 e. The van der Waals surface area contributed by atoms with Gasteiger partial charge in [0, 0.05) is 23.4 Å². The topological polar surface area (TPSA) is 21.3 Å². The highest BCUT2D eigenvalue weighted by molar-refractivity contribution is 9.11. The van der Waals surface area contributed by atoms with Crippen LogP contribution in [0, 0.1) is 12.8 Å². The van der Waals surface area contributed by atoms with Crippen molar-refractivity contribution in [1.82, 2.24) is 5.32 Å². The Bertz CT molecular complexity index is 374. The average molecular weight is 332 g/mol. The lowest BCUT2D eigenvalue weighted by atomic mass is 9.90. The van der Waals surface area contributed by atoms with E-state index in [9.17, 15) is 0 Å². The molecule has 1 saturated heterocycles. The zero-order valence-corrected chi connectivity index (χ0v) is 13.7. The SMILES string of the molecule is CCNC(c1cc(C)c(Br)s1)C1CCOC1CC. The molecule has 2 nitrogen and oxygen atoms in total. The van der Waals surface area contributed by atoms with Crippen molar-refractivity contribution in [2.24, 2.45) is 5.92 Å². The Balaban J connectivity index is 2.21. The zero-order valence-electron chi connectivity index (χ0n) is 11.3. The van der Waals surface area contributed by atoms with Gasteiger partial charge in [0.25, 0.3) is 0 Å². The second kappa shape index (κ2) is 6.51. The van der Waals surface area contributed by atoms with Gasteiger partial charge in [-0.05, 0) is 53.9 Å². The molecule has 1 fully saturated rings. The molecule has 4 heteroatoms. The molecule has 1 aromatic heterocycles. The monoisotopic (exact) mass is 331 g/mol. The molecule has 2 heterocycles. The van der Waals surface area contributed by atoms with Gasteiger partial charge in [-0.2, -0.15) is 0 Å². The summed E-state index contributed by atoms with van der Waals surface area (Å²) in [6.07, 6.45) is 2.69. The lowest BCUT2D eigenvalue weighted by Gasteiger charge is -2.27. The molecule has 1 N–H and O–H groups in total. The van der Waals surface area contributed by atoms with Gasteiger partial charge in [-0.25, -0.2) is 0 Å². The quantitative estimate of drug-likeness (QED) is 0.869. The van der Waals surface area contributed by atoms with E-state index in [-0.39, 0.29) is 0 Å². The Morgan fingerprint density at radius 2 is 2.33 bits per heavy atom. The molecule has 1 aliphatic heterocycles. The molecule has 0 aromatic carbocycles. The van der Waals surface area contributed by atoms with Crippen LogP contribution in [-0.2, 0) is 4.74 Å². The van der Waals surface area contributed by atoms with Crippen molar-refractivity contribution in [3.8, 4) is 0 Å². The van der Waals surface area contributed by atoms with Gasteiger partial charge in [-0.3, -0.25) is 0 Å². The third kappa shape index (κ3) is 2.98. The van der Waals surface area contributed by atoms with Crippen LogP contribution in [0.2, 0.25) is 0 Å². The van der Waals surface area contributed by atoms with Gasteiger partial charge in [0.2, 0.25) is 0 Å². The van der Waals surface area contributed by atoms with Crippen LogP contribution >= 0.6 is 27.3 Å². The average Bonchev–Trinajstić information content (AvgIpc) is 2.94. The predicted octanol–water partition coefficient (Wildman–Crippen LogP) is 4.28. The van der Waals surface area contributed by atoms with E-state index in [1.807, 2.05) is 11.3 Å². The van der Waals surface area contributed by atoms with Crippen LogP contribution in [0.4, 0.5) is 0 Å². The predicted molar refractivity (Wildman–Crippen MR) is 81.3 cm³/mol. The highest BCUT2D eigenvalue weighted by Gasteiger charge is 2.34. The second-order valence-corrected chi connectivity index (χ2v) is 7.31. The van der Waals surface area contributed by atoms with Gasteiger partial charge in [0.1, 0.15) is 0 Å². The van der Waals surface area contributed by atoms with Crippen molar-refractivity contribution in [3.63, 3.8) is 0 Å². The van der Waals surface area contributed by atoms with Crippen molar-refractivity contribution in [1.29, 1.82) is 0 Å². The summed E-state index contributed by atoms with van der Waals surface area (Å²) in [4.78, 5) is 1.44. The van der Waals surface area contributed by atoms with E-state index in [0.717, 1.165) is 19.6 Å². The number of ether oxygens (including phenoxy) is 1. The van der Waals surface area contributed by atoms with E-state index < -0.39 is 0 Å². The normalized spacial score (nSPS) is 25.6. The maximum atomic E-state index is 5.85. The van der Waals surface area contributed by atoms with E-state index in [0.29, 0.717) is 18.1 Å². The van der Waals surface area contributed by atoms with Gasteiger partial charge in [0.15, 0.2) is 0 Å². The molecule has 1 aliphatic rings. The van der Waals surface area contributed by atoms with Crippen molar-refractivity contribution < 1.29 is 4.74 Å². The molecule has 3 unspecified atom stereocenters. The summed E-state index contributed by atoms with van der Waals surface area (Å²) in [5.41, 5.74) is 1.34. The molecule has 0 radical (unpaired) electrons. The fourth-order valence-corrected chi connectivity index (χ4v) is 4.51. The van der Waals surface area contributed by atoms with E-state index in [4.69, 9.17) is 4.74 Å². The second-order valence-electron chi connectivity index (χ2n) is 4.91. The first kappa shape index (κ1) is 14.5. The fraction of sp³-hybridized carbons (Fsp3) is 0.714. The fourth-order valence-electron chi connectivity index (χ4n) is 2.79. The molecule has 102 valence electrons. The number of nitrogens with one attached hydrogen (secondary N) is 1. The molecule has 3 atom stereocenters. The Morgan fingerprint density at radius 3 is 2.89 bits per heavy atom. The third-order valence-electron chi connectivity index (χ3n) is 3.70. The van der Waals surface area contributed by atoms with Gasteiger partial charge in [-0.1, -0.05) is 13.8 Å². The smallest absolute Gasteiger partial charge is 0.0731 e. The van der Waals surface area contributed by atoms with Crippen LogP contribution < -0.4 is 5.32 Å². The molecule has 0 saturated carbocycles. The molecule has 0 amide bonds. The van der Waals surface area contributed by atoms with Crippen LogP contribution in [0.15, 0.2) is 9.85 Å². The first-order valence-electron chi connectivity index (χ1n) is 6.78. The summed E-state index contributed by atoms with van der Waals surface area (Å²) in [6, 6.07) is 2.75. The molecular formula is C14H22BrNOS. The molecule has 1 aromatic rings. The summed E-state index contributed by atoms with van der Waals surface area (Å²) in [5.74, 6) is 0.611. The Hall–Kier alpha value is 0.1000. The summed E-state index contributed by atoms with van der Waals surface area (Å²) in [5, 5.41) is 3.66. The van der Waals surface area contributed by atoms with Crippen LogP contribution in [0.25, 0.3) is 0 Å². The molecule has 0 spiro atoms. The molecule has 0 bridgehead atoms. The van der Waals surface area contributed by atoms with Crippen LogP contribution in [0.3, 0.4) is 0 Å². The molecule has 18 heavy (non-hydrogen) atoms. The summed E-state index contributed by atoms with van der Waals surface area (Å²) >= 11 is 5.50. The summed E-state index contributed by atoms with van der Waals surface area (Å²) < 4.78 is 7.11. The Labute approximate surface area is 122 Å². The molecular weight excluding hydrogens is 310 g/mol.